The molecule has 2 aromatic rings. The van der Waals surface area contributed by atoms with Crippen molar-refractivity contribution in [3.8, 4) is 0 Å². The maximum atomic E-state index is 12.4. The van der Waals surface area contributed by atoms with Crippen molar-refractivity contribution in [2.45, 2.75) is 13.8 Å². The van der Waals surface area contributed by atoms with Gasteiger partial charge in [0.15, 0.2) is 0 Å². The largest absolute Gasteiger partial charge is 0.397 e. The normalized spacial score (nSPS) is 10.9. The molecule has 0 heterocycles. The first-order chi connectivity index (χ1) is 10.8. The Morgan fingerprint density at radius 3 is 1.48 bits per heavy atom. The highest BCUT2D eigenvalue weighted by Crippen LogP contribution is 2.25. The van der Waals surface area contributed by atoms with E-state index >= 15 is 0 Å². The molecule has 6 heteroatoms. The highest BCUT2D eigenvalue weighted by molar-refractivity contribution is 6.15. The SMILES string of the molecule is CC(C)(C(=O)Nc1ccccc1N)C(=O)Nc1ccccc1N. The predicted molar refractivity (Wildman–Crippen MR) is 92.7 cm³/mol. The van der Waals surface area contributed by atoms with E-state index in [9.17, 15) is 9.59 Å². The molecular formula is C17H20N4O2. The molecule has 0 aliphatic carbocycles. The van der Waals surface area contributed by atoms with Crippen molar-refractivity contribution in [2.75, 3.05) is 22.1 Å². The minimum Gasteiger partial charge on any atom is -0.397 e. The van der Waals surface area contributed by atoms with Gasteiger partial charge in [-0.15, -0.1) is 0 Å². The third kappa shape index (κ3) is 3.60. The summed E-state index contributed by atoms with van der Waals surface area (Å²) in [4.78, 5) is 24.9. The van der Waals surface area contributed by atoms with Gasteiger partial charge in [0, 0.05) is 0 Å². The fraction of sp³-hybridized carbons (Fsp3) is 0.176. The molecule has 6 N–H and O–H groups in total. The topological polar surface area (TPSA) is 110 Å². The Morgan fingerprint density at radius 1 is 0.783 bits per heavy atom. The van der Waals surface area contributed by atoms with Gasteiger partial charge >= 0.3 is 0 Å². The third-order valence-corrected chi connectivity index (χ3v) is 3.55. The Morgan fingerprint density at radius 2 is 1.13 bits per heavy atom. The second-order valence-electron chi connectivity index (χ2n) is 5.71. The van der Waals surface area contributed by atoms with Gasteiger partial charge in [0.1, 0.15) is 5.41 Å². The predicted octanol–water partition coefficient (Wildman–Crippen LogP) is 2.45. The van der Waals surface area contributed by atoms with Gasteiger partial charge in [-0.3, -0.25) is 9.59 Å². The molecule has 0 aliphatic rings. The zero-order chi connectivity index (χ0) is 17.0. The van der Waals surface area contributed by atoms with Crippen LogP contribution in [-0.2, 0) is 9.59 Å². The van der Waals surface area contributed by atoms with Crippen LogP contribution in [0.5, 0.6) is 0 Å². The molecule has 0 atom stereocenters. The maximum Gasteiger partial charge on any atom is 0.239 e. The molecule has 0 unspecified atom stereocenters. The Labute approximate surface area is 134 Å². The van der Waals surface area contributed by atoms with Gasteiger partial charge in [0.2, 0.25) is 11.8 Å². The summed E-state index contributed by atoms with van der Waals surface area (Å²) in [7, 11) is 0. The summed E-state index contributed by atoms with van der Waals surface area (Å²) < 4.78 is 0. The zero-order valence-electron chi connectivity index (χ0n) is 13.1. The number of nitrogen functional groups attached to an aromatic ring is 2. The highest BCUT2D eigenvalue weighted by atomic mass is 16.2. The quantitative estimate of drug-likeness (QED) is 0.513. The van der Waals surface area contributed by atoms with Crippen LogP contribution in [0.2, 0.25) is 0 Å². The molecule has 0 saturated heterocycles. The lowest BCUT2D eigenvalue weighted by molar-refractivity contribution is -0.135. The van der Waals surface area contributed by atoms with Gasteiger partial charge in [-0.25, -0.2) is 0 Å². The molecule has 0 radical (unpaired) electrons. The summed E-state index contributed by atoms with van der Waals surface area (Å²) in [6.07, 6.45) is 0. The van der Waals surface area contributed by atoms with Gasteiger partial charge in [-0.1, -0.05) is 24.3 Å². The molecule has 2 aromatic carbocycles. The standard InChI is InChI=1S/C17H20N4O2/c1-17(2,15(22)20-13-9-5-3-7-11(13)18)16(23)21-14-10-6-4-8-12(14)19/h3-10H,18-19H2,1-2H3,(H,20,22)(H,21,23). The van der Waals surface area contributed by atoms with Gasteiger partial charge in [0.25, 0.3) is 0 Å². The molecule has 2 rings (SSSR count). The number of benzene rings is 2. The molecule has 6 nitrogen and oxygen atoms in total. The summed E-state index contributed by atoms with van der Waals surface area (Å²) >= 11 is 0. The number of anilines is 4. The van der Waals surface area contributed by atoms with Crippen molar-refractivity contribution in [3.05, 3.63) is 48.5 Å². The van der Waals surface area contributed by atoms with E-state index in [2.05, 4.69) is 10.6 Å². The molecule has 23 heavy (non-hydrogen) atoms. The highest BCUT2D eigenvalue weighted by Gasteiger charge is 2.36. The lowest BCUT2D eigenvalue weighted by Crippen LogP contribution is -2.41. The van der Waals surface area contributed by atoms with Crippen LogP contribution < -0.4 is 22.1 Å². The van der Waals surface area contributed by atoms with E-state index in [1.54, 1.807) is 48.5 Å². The first kappa shape index (κ1) is 16.4. The third-order valence-electron chi connectivity index (χ3n) is 3.55. The monoisotopic (exact) mass is 312 g/mol. The number of amides is 2. The Kier molecular flexibility index (Phi) is 4.55. The second-order valence-corrected chi connectivity index (χ2v) is 5.71. The van der Waals surface area contributed by atoms with Gasteiger partial charge in [-0.05, 0) is 38.1 Å². The number of carbonyl (C=O) groups is 2. The van der Waals surface area contributed by atoms with Crippen molar-refractivity contribution in [3.63, 3.8) is 0 Å². The van der Waals surface area contributed by atoms with Crippen molar-refractivity contribution in [2.24, 2.45) is 5.41 Å². The summed E-state index contributed by atoms with van der Waals surface area (Å²) in [6, 6.07) is 13.7. The van der Waals surface area contributed by atoms with Crippen LogP contribution in [-0.4, -0.2) is 11.8 Å². The summed E-state index contributed by atoms with van der Waals surface area (Å²) in [5.41, 5.74) is 12.1. The summed E-state index contributed by atoms with van der Waals surface area (Å²) in [6.45, 7) is 3.08. The number of nitrogens with two attached hydrogens (primary N) is 2. The minimum absolute atomic E-state index is 0.435. The fourth-order valence-electron chi connectivity index (χ4n) is 1.88. The minimum atomic E-state index is -1.30. The van der Waals surface area contributed by atoms with Gasteiger partial charge in [0.05, 0.1) is 22.7 Å². The molecule has 0 spiro atoms. The Hall–Kier alpha value is -3.02. The first-order valence-corrected chi connectivity index (χ1v) is 7.14. The number of para-hydroxylation sites is 4. The van der Waals surface area contributed by atoms with E-state index in [-0.39, 0.29) is 0 Å². The number of hydrogen-bond donors (Lipinski definition) is 4. The van der Waals surface area contributed by atoms with Crippen LogP contribution in [0, 0.1) is 5.41 Å². The molecule has 0 aliphatic heterocycles. The Bertz CT molecular complexity index is 679. The molecule has 0 bridgehead atoms. The van der Waals surface area contributed by atoms with Gasteiger partial charge in [-0.2, -0.15) is 0 Å². The van der Waals surface area contributed by atoms with Crippen molar-refractivity contribution in [1.29, 1.82) is 0 Å². The first-order valence-electron chi connectivity index (χ1n) is 7.14. The lowest BCUT2D eigenvalue weighted by Gasteiger charge is -2.23. The second kappa shape index (κ2) is 6.39. The van der Waals surface area contributed by atoms with Crippen molar-refractivity contribution < 1.29 is 9.59 Å². The van der Waals surface area contributed by atoms with E-state index in [0.29, 0.717) is 22.7 Å². The molecule has 0 aromatic heterocycles. The van der Waals surface area contributed by atoms with Crippen LogP contribution >= 0.6 is 0 Å². The van der Waals surface area contributed by atoms with E-state index in [4.69, 9.17) is 11.5 Å². The van der Waals surface area contributed by atoms with E-state index in [0.717, 1.165) is 0 Å². The smallest absolute Gasteiger partial charge is 0.239 e. The summed E-state index contributed by atoms with van der Waals surface area (Å²) in [5.74, 6) is -0.912. The lowest BCUT2D eigenvalue weighted by atomic mass is 9.90. The van der Waals surface area contributed by atoms with Gasteiger partial charge < -0.3 is 22.1 Å². The van der Waals surface area contributed by atoms with Crippen LogP contribution in [0.25, 0.3) is 0 Å². The molecule has 0 saturated carbocycles. The van der Waals surface area contributed by atoms with E-state index in [1.165, 1.54) is 13.8 Å². The van der Waals surface area contributed by atoms with E-state index < -0.39 is 17.2 Å². The maximum absolute atomic E-state index is 12.4. The van der Waals surface area contributed by atoms with E-state index in [1.807, 2.05) is 0 Å². The summed E-state index contributed by atoms with van der Waals surface area (Å²) in [5, 5.41) is 5.35. The number of carbonyl (C=O) groups excluding carboxylic acids is 2. The molecule has 120 valence electrons. The van der Waals surface area contributed by atoms with Crippen LogP contribution in [0.15, 0.2) is 48.5 Å². The number of hydrogen-bond acceptors (Lipinski definition) is 4. The number of rotatable bonds is 4. The fourth-order valence-corrected chi connectivity index (χ4v) is 1.88. The van der Waals surface area contributed by atoms with Crippen LogP contribution in [0.1, 0.15) is 13.8 Å². The zero-order valence-corrected chi connectivity index (χ0v) is 13.1. The average molecular weight is 312 g/mol. The molecule has 2 amide bonds. The van der Waals surface area contributed by atoms with Crippen molar-refractivity contribution >= 4 is 34.6 Å². The van der Waals surface area contributed by atoms with Crippen LogP contribution in [0.3, 0.4) is 0 Å². The number of nitrogens with one attached hydrogen (secondary N) is 2. The van der Waals surface area contributed by atoms with Crippen LogP contribution in [0.4, 0.5) is 22.7 Å². The molecule has 0 fully saturated rings. The van der Waals surface area contributed by atoms with Crippen molar-refractivity contribution in [1.82, 2.24) is 0 Å². The Balaban J connectivity index is 2.13. The molecular weight excluding hydrogens is 292 g/mol. The average Bonchev–Trinajstić information content (AvgIpc) is 2.51.